The van der Waals surface area contributed by atoms with Crippen LogP contribution in [0.3, 0.4) is 0 Å². The summed E-state index contributed by atoms with van der Waals surface area (Å²) in [6, 6.07) is 6.35. The number of nitrogens with zero attached hydrogens (tertiary/aromatic N) is 3. The van der Waals surface area contributed by atoms with E-state index in [0.717, 1.165) is 44.0 Å². The lowest BCUT2D eigenvalue weighted by molar-refractivity contribution is -0.138. The average molecular weight is 362 g/mol. The second kappa shape index (κ2) is 7.26. The van der Waals surface area contributed by atoms with E-state index in [1.54, 1.807) is 0 Å². The maximum Gasteiger partial charge on any atom is 0.230 e. The Hall–Kier alpha value is -1.10. The second-order valence-corrected chi connectivity index (χ2v) is 8.33. The maximum atomic E-state index is 13.4. The number of carbonyl (C=O) groups is 1. The molecule has 4 rings (SSSR count). The Kier molecular flexibility index (Phi) is 5.03. The zero-order valence-electron chi connectivity index (χ0n) is 15.1. The van der Waals surface area contributed by atoms with Gasteiger partial charge in [-0.05, 0) is 69.1 Å². The molecule has 136 valence electrons. The molecule has 1 aromatic carbocycles. The topological polar surface area (TPSA) is 26.8 Å². The van der Waals surface area contributed by atoms with Crippen LogP contribution in [0.1, 0.15) is 36.3 Å². The monoisotopic (exact) mass is 361 g/mol. The summed E-state index contributed by atoms with van der Waals surface area (Å²) in [4.78, 5) is 20.5. The lowest BCUT2D eigenvalue weighted by Crippen LogP contribution is -2.58. The minimum absolute atomic E-state index is 0.0248. The van der Waals surface area contributed by atoms with Crippen LogP contribution in [0.2, 0.25) is 5.02 Å². The van der Waals surface area contributed by atoms with Crippen molar-refractivity contribution in [2.24, 2.45) is 0 Å². The van der Waals surface area contributed by atoms with Crippen LogP contribution in [0.25, 0.3) is 0 Å². The molecule has 2 heterocycles. The Balaban J connectivity index is 1.51. The summed E-state index contributed by atoms with van der Waals surface area (Å²) >= 11 is 6.13. The van der Waals surface area contributed by atoms with Gasteiger partial charge in [-0.3, -0.25) is 4.79 Å². The highest BCUT2D eigenvalue weighted by atomic mass is 35.5. The molecule has 1 aliphatic carbocycles. The molecule has 25 heavy (non-hydrogen) atoms. The third-order valence-electron chi connectivity index (χ3n) is 6.12. The molecule has 0 N–H and O–H groups in total. The van der Waals surface area contributed by atoms with E-state index in [-0.39, 0.29) is 5.92 Å². The predicted molar refractivity (Wildman–Crippen MR) is 101 cm³/mol. The second-order valence-electron chi connectivity index (χ2n) is 7.89. The molecule has 0 saturated carbocycles. The molecule has 2 fully saturated rings. The van der Waals surface area contributed by atoms with Crippen LogP contribution in [0.15, 0.2) is 18.2 Å². The molecule has 2 unspecified atom stereocenters. The van der Waals surface area contributed by atoms with Crippen LogP contribution >= 0.6 is 11.6 Å². The summed E-state index contributed by atoms with van der Waals surface area (Å²) in [6.45, 7) is 6.22. The van der Waals surface area contributed by atoms with Crippen molar-refractivity contribution in [1.29, 1.82) is 0 Å². The smallest absolute Gasteiger partial charge is 0.230 e. The van der Waals surface area contributed by atoms with Gasteiger partial charge in [-0.2, -0.15) is 0 Å². The molecular weight excluding hydrogens is 334 g/mol. The number of halogens is 1. The van der Waals surface area contributed by atoms with Crippen LogP contribution in [0.5, 0.6) is 0 Å². The maximum absolute atomic E-state index is 13.4. The summed E-state index contributed by atoms with van der Waals surface area (Å²) in [5, 5.41) is 0.776. The van der Waals surface area contributed by atoms with E-state index in [9.17, 15) is 4.79 Å². The van der Waals surface area contributed by atoms with Crippen LogP contribution in [-0.2, 0) is 11.2 Å². The summed E-state index contributed by atoms with van der Waals surface area (Å²) < 4.78 is 0. The highest BCUT2D eigenvalue weighted by molar-refractivity contribution is 6.30. The molecule has 1 amide bonds. The van der Waals surface area contributed by atoms with E-state index in [0.29, 0.717) is 11.9 Å². The number of piperazine rings is 1. The standard InChI is InChI=1S/C20H28ClN3O/c1-22-10-11-24(17(13-22)14-23-8-2-3-9-23)20(25)19-6-4-15-12-16(21)5-7-18(15)19/h5,7,12,17,19H,2-4,6,8-11,13-14H2,1H3. The highest BCUT2D eigenvalue weighted by Crippen LogP contribution is 2.36. The van der Waals surface area contributed by atoms with Gasteiger partial charge in [0.15, 0.2) is 0 Å². The first-order valence-electron chi connectivity index (χ1n) is 9.61. The Morgan fingerprint density at radius 2 is 2.00 bits per heavy atom. The molecule has 1 aromatic rings. The van der Waals surface area contributed by atoms with Gasteiger partial charge in [0.2, 0.25) is 5.91 Å². The highest BCUT2D eigenvalue weighted by Gasteiger charge is 2.37. The Labute approximate surface area is 155 Å². The first-order chi connectivity index (χ1) is 12.1. The van der Waals surface area contributed by atoms with Crippen molar-refractivity contribution in [1.82, 2.24) is 14.7 Å². The van der Waals surface area contributed by atoms with Gasteiger partial charge in [0.1, 0.15) is 0 Å². The van der Waals surface area contributed by atoms with Gasteiger partial charge in [0, 0.05) is 31.2 Å². The zero-order chi connectivity index (χ0) is 17.4. The predicted octanol–water partition coefficient (Wildman–Crippen LogP) is 2.61. The van der Waals surface area contributed by atoms with E-state index >= 15 is 0 Å². The summed E-state index contributed by atoms with van der Waals surface area (Å²) in [7, 11) is 2.17. The molecule has 2 aliphatic heterocycles. The summed E-state index contributed by atoms with van der Waals surface area (Å²) in [5.74, 6) is 0.357. The van der Waals surface area contributed by atoms with Crippen LogP contribution < -0.4 is 0 Å². The van der Waals surface area contributed by atoms with E-state index < -0.39 is 0 Å². The Morgan fingerprint density at radius 1 is 1.20 bits per heavy atom. The molecule has 2 atom stereocenters. The minimum Gasteiger partial charge on any atom is -0.335 e. The number of rotatable bonds is 3. The number of amides is 1. The number of hydrogen-bond donors (Lipinski definition) is 0. The van der Waals surface area contributed by atoms with Crippen molar-refractivity contribution in [3.05, 3.63) is 34.3 Å². The van der Waals surface area contributed by atoms with Crippen LogP contribution in [-0.4, -0.2) is 73.0 Å². The molecule has 4 nitrogen and oxygen atoms in total. The number of likely N-dealkylation sites (tertiary alicyclic amines) is 1. The van der Waals surface area contributed by atoms with Crippen LogP contribution in [0, 0.1) is 0 Å². The molecule has 5 heteroatoms. The van der Waals surface area contributed by atoms with Crippen molar-refractivity contribution in [3.8, 4) is 0 Å². The van der Waals surface area contributed by atoms with E-state index in [1.165, 1.54) is 37.1 Å². The Morgan fingerprint density at radius 3 is 2.80 bits per heavy atom. The van der Waals surface area contributed by atoms with Gasteiger partial charge in [-0.1, -0.05) is 17.7 Å². The van der Waals surface area contributed by atoms with E-state index in [2.05, 4.69) is 27.8 Å². The van der Waals surface area contributed by atoms with Crippen molar-refractivity contribution in [3.63, 3.8) is 0 Å². The van der Waals surface area contributed by atoms with Gasteiger partial charge >= 0.3 is 0 Å². The van der Waals surface area contributed by atoms with Gasteiger partial charge in [0.25, 0.3) is 0 Å². The molecule has 3 aliphatic rings. The average Bonchev–Trinajstić information content (AvgIpc) is 3.23. The fourth-order valence-corrected chi connectivity index (χ4v) is 4.96. The fourth-order valence-electron chi connectivity index (χ4n) is 4.76. The van der Waals surface area contributed by atoms with Gasteiger partial charge in [-0.15, -0.1) is 0 Å². The number of benzene rings is 1. The van der Waals surface area contributed by atoms with E-state index in [1.807, 2.05) is 12.1 Å². The molecule has 0 radical (unpaired) electrons. The first-order valence-corrected chi connectivity index (χ1v) is 9.99. The number of aryl methyl sites for hydroxylation is 1. The SMILES string of the molecule is CN1CCN(C(=O)C2CCc3cc(Cl)ccc32)C(CN2CCCC2)C1. The summed E-state index contributed by atoms with van der Waals surface area (Å²) in [5.41, 5.74) is 2.46. The molecule has 2 saturated heterocycles. The van der Waals surface area contributed by atoms with Crippen molar-refractivity contribution < 1.29 is 4.79 Å². The first kappa shape index (κ1) is 17.3. The number of likely N-dealkylation sites (N-methyl/N-ethyl adjacent to an activating group) is 1. The Bertz CT molecular complexity index is 644. The minimum atomic E-state index is 0.0248. The van der Waals surface area contributed by atoms with Gasteiger partial charge < -0.3 is 14.7 Å². The van der Waals surface area contributed by atoms with Gasteiger partial charge in [-0.25, -0.2) is 0 Å². The lowest BCUT2D eigenvalue weighted by Gasteiger charge is -2.42. The zero-order valence-corrected chi connectivity index (χ0v) is 15.8. The largest absolute Gasteiger partial charge is 0.335 e. The quantitative estimate of drug-likeness (QED) is 0.828. The molecule has 0 aromatic heterocycles. The molecule has 0 bridgehead atoms. The normalized spacial score (nSPS) is 27.7. The van der Waals surface area contributed by atoms with Crippen molar-refractivity contribution >= 4 is 17.5 Å². The number of fused-ring (bicyclic) bond motifs is 1. The fraction of sp³-hybridized carbons (Fsp3) is 0.650. The molecule has 0 spiro atoms. The number of hydrogen-bond acceptors (Lipinski definition) is 3. The third-order valence-corrected chi connectivity index (χ3v) is 6.35. The molecular formula is C20H28ClN3O. The van der Waals surface area contributed by atoms with E-state index in [4.69, 9.17) is 11.6 Å². The van der Waals surface area contributed by atoms with Crippen LogP contribution in [0.4, 0.5) is 0 Å². The third kappa shape index (κ3) is 3.57. The lowest BCUT2D eigenvalue weighted by atomic mass is 9.98. The van der Waals surface area contributed by atoms with Gasteiger partial charge in [0.05, 0.1) is 12.0 Å². The summed E-state index contributed by atoms with van der Waals surface area (Å²) in [6.07, 6.45) is 4.49. The van der Waals surface area contributed by atoms with Crippen molar-refractivity contribution in [2.75, 3.05) is 46.3 Å². The number of carbonyl (C=O) groups excluding carboxylic acids is 1. The van der Waals surface area contributed by atoms with Crippen molar-refractivity contribution in [2.45, 2.75) is 37.6 Å².